The lowest BCUT2D eigenvalue weighted by Gasteiger charge is -2.21. The van der Waals surface area contributed by atoms with E-state index in [-0.39, 0.29) is 30.5 Å². The van der Waals surface area contributed by atoms with E-state index in [9.17, 15) is 23.5 Å². The Labute approximate surface area is 131 Å². The van der Waals surface area contributed by atoms with Gasteiger partial charge in [0.15, 0.2) is 11.6 Å². The van der Waals surface area contributed by atoms with Crippen molar-refractivity contribution in [3.8, 4) is 0 Å². The third-order valence-corrected chi connectivity index (χ3v) is 4.65. The van der Waals surface area contributed by atoms with E-state index in [4.69, 9.17) is 4.74 Å². The van der Waals surface area contributed by atoms with Gasteiger partial charge in [0.25, 0.3) is 0 Å². The molecule has 124 valence electrons. The number of halogens is 2. The van der Waals surface area contributed by atoms with Crippen LogP contribution in [0.4, 0.5) is 8.78 Å². The van der Waals surface area contributed by atoms with Gasteiger partial charge in [-0.2, -0.15) is 0 Å². The number of carbonyl (C=O) groups excluding carboxylic acids is 1. The second kappa shape index (κ2) is 5.88. The number of carbonyl (C=O) groups is 2. The van der Waals surface area contributed by atoms with Gasteiger partial charge in [-0.25, -0.2) is 13.6 Å². The van der Waals surface area contributed by atoms with Gasteiger partial charge in [-0.1, -0.05) is 12.1 Å². The highest BCUT2D eigenvalue weighted by molar-refractivity contribution is 5.88. The fourth-order valence-electron chi connectivity index (χ4n) is 3.28. The molecule has 0 radical (unpaired) electrons. The van der Waals surface area contributed by atoms with E-state index in [1.165, 1.54) is 24.1 Å². The minimum Gasteiger partial charge on any atom is -0.480 e. The van der Waals surface area contributed by atoms with Crippen LogP contribution in [0.2, 0.25) is 0 Å². The van der Waals surface area contributed by atoms with Crippen molar-refractivity contribution >= 4 is 11.9 Å². The predicted molar refractivity (Wildman–Crippen MR) is 75.8 cm³/mol. The summed E-state index contributed by atoms with van der Waals surface area (Å²) in [6.45, 7) is 0.209. The Hall–Kier alpha value is -2.02. The molecule has 1 aliphatic heterocycles. The number of ether oxygens (including phenoxy) is 1. The maximum atomic E-state index is 13.8. The van der Waals surface area contributed by atoms with E-state index in [1.807, 2.05) is 0 Å². The molecule has 1 N–H and O–H groups in total. The first-order valence-corrected chi connectivity index (χ1v) is 7.44. The molecule has 1 aromatic rings. The van der Waals surface area contributed by atoms with Crippen molar-refractivity contribution < 1.29 is 28.2 Å². The van der Waals surface area contributed by atoms with Crippen LogP contribution in [0.15, 0.2) is 18.2 Å². The number of rotatable bonds is 4. The standard InChI is InChI=1S/C16H17F2NO4/c1-23-8-5-13(16(21)22)19(7-8)15(20)11-6-10(11)9-3-2-4-12(17)14(9)18/h2-4,8,10-11,13H,5-7H2,1H3,(H,21,22). The summed E-state index contributed by atoms with van der Waals surface area (Å²) in [6.07, 6.45) is 0.325. The largest absolute Gasteiger partial charge is 0.480 e. The summed E-state index contributed by atoms with van der Waals surface area (Å²) in [5, 5.41) is 9.25. The summed E-state index contributed by atoms with van der Waals surface area (Å²) in [6, 6.07) is 2.98. The summed E-state index contributed by atoms with van der Waals surface area (Å²) < 4.78 is 32.3. The molecule has 23 heavy (non-hydrogen) atoms. The van der Waals surface area contributed by atoms with Crippen LogP contribution in [0.3, 0.4) is 0 Å². The Morgan fingerprint density at radius 3 is 2.70 bits per heavy atom. The lowest BCUT2D eigenvalue weighted by Crippen LogP contribution is -2.41. The first kappa shape index (κ1) is 15.9. The number of carboxylic acids is 1. The van der Waals surface area contributed by atoms with Crippen LogP contribution in [0.25, 0.3) is 0 Å². The molecule has 0 spiro atoms. The first-order valence-electron chi connectivity index (χ1n) is 7.44. The lowest BCUT2D eigenvalue weighted by atomic mass is 10.1. The van der Waals surface area contributed by atoms with E-state index in [0.717, 1.165) is 6.07 Å². The van der Waals surface area contributed by atoms with Crippen LogP contribution in [-0.4, -0.2) is 47.7 Å². The Morgan fingerprint density at radius 1 is 1.30 bits per heavy atom. The van der Waals surface area contributed by atoms with Crippen LogP contribution in [0.5, 0.6) is 0 Å². The Balaban J connectivity index is 1.75. The summed E-state index contributed by atoms with van der Waals surface area (Å²) in [7, 11) is 1.47. The third-order valence-electron chi connectivity index (χ3n) is 4.65. The van der Waals surface area contributed by atoms with Gasteiger partial charge in [0, 0.05) is 26.0 Å². The molecule has 0 bridgehead atoms. The molecule has 1 saturated carbocycles. The predicted octanol–water partition coefficient (Wildman–Crippen LogP) is 1.77. The Kier molecular flexibility index (Phi) is 4.06. The zero-order valence-corrected chi connectivity index (χ0v) is 12.5. The summed E-state index contributed by atoms with van der Waals surface area (Å²) in [4.78, 5) is 25.2. The number of methoxy groups -OCH3 is 1. The van der Waals surface area contributed by atoms with Gasteiger partial charge >= 0.3 is 5.97 Å². The highest BCUT2D eigenvalue weighted by atomic mass is 19.2. The smallest absolute Gasteiger partial charge is 0.326 e. The van der Waals surface area contributed by atoms with Crippen molar-refractivity contribution in [2.75, 3.05) is 13.7 Å². The first-order chi connectivity index (χ1) is 10.9. The number of nitrogens with zero attached hydrogens (tertiary/aromatic N) is 1. The number of hydrogen-bond acceptors (Lipinski definition) is 3. The zero-order chi connectivity index (χ0) is 16.7. The average Bonchev–Trinajstić information content (AvgIpc) is 3.18. The molecule has 2 aliphatic rings. The lowest BCUT2D eigenvalue weighted by molar-refractivity contribution is -0.148. The number of benzene rings is 1. The van der Waals surface area contributed by atoms with Gasteiger partial charge in [-0.05, 0) is 24.0 Å². The van der Waals surface area contributed by atoms with Crippen LogP contribution >= 0.6 is 0 Å². The van der Waals surface area contributed by atoms with E-state index < -0.39 is 35.5 Å². The van der Waals surface area contributed by atoms with Gasteiger partial charge in [-0.15, -0.1) is 0 Å². The second-order valence-electron chi connectivity index (χ2n) is 6.03. The summed E-state index contributed by atoms with van der Waals surface area (Å²) in [5.41, 5.74) is 0.178. The molecule has 4 atom stereocenters. The van der Waals surface area contributed by atoms with Crippen LogP contribution in [0.1, 0.15) is 24.3 Å². The van der Waals surface area contributed by atoms with Crippen molar-refractivity contribution in [1.82, 2.24) is 4.90 Å². The van der Waals surface area contributed by atoms with Gasteiger partial charge in [0.1, 0.15) is 6.04 Å². The van der Waals surface area contributed by atoms with E-state index in [1.54, 1.807) is 0 Å². The van der Waals surface area contributed by atoms with Crippen LogP contribution in [-0.2, 0) is 14.3 Å². The van der Waals surface area contributed by atoms with Crippen molar-refractivity contribution in [3.63, 3.8) is 0 Å². The van der Waals surface area contributed by atoms with Crippen molar-refractivity contribution in [2.24, 2.45) is 5.92 Å². The fraction of sp³-hybridized carbons (Fsp3) is 0.500. The molecule has 1 amide bonds. The van der Waals surface area contributed by atoms with E-state index in [0.29, 0.717) is 6.42 Å². The average molecular weight is 325 g/mol. The molecule has 1 aromatic carbocycles. The topological polar surface area (TPSA) is 66.8 Å². The SMILES string of the molecule is COC1CC(C(=O)O)N(C(=O)C2CC2c2cccc(F)c2F)C1. The monoisotopic (exact) mass is 325 g/mol. The molecular weight excluding hydrogens is 308 g/mol. The Bertz CT molecular complexity index is 651. The van der Waals surface area contributed by atoms with Crippen molar-refractivity contribution in [1.29, 1.82) is 0 Å². The second-order valence-corrected chi connectivity index (χ2v) is 6.03. The number of carboxylic acid groups (broad SMARTS) is 1. The molecule has 5 nitrogen and oxygen atoms in total. The van der Waals surface area contributed by atoms with Gasteiger partial charge in [0.2, 0.25) is 5.91 Å². The van der Waals surface area contributed by atoms with Gasteiger partial charge in [0.05, 0.1) is 6.10 Å². The molecular formula is C16H17F2NO4. The summed E-state index contributed by atoms with van der Waals surface area (Å²) in [5.74, 6) is -4.17. The number of hydrogen-bond donors (Lipinski definition) is 1. The Morgan fingerprint density at radius 2 is 2.04 bits per heavy atom. The fourth-order valence-corrected chi connectivity index (χ4v) is 3.28. The normalized spacial score (nSPS) is 29.6. The highest BCUT2D eigenvalue weighted by Gasteiger charge is 2.51. The van der Waals surface area contributed by atoms with E-state index >= 15 is 0 Å². The van der Waals surface area contributed by atoms with Crippen LogP contribution < -0.4 is 0 Å². The number of amides is 1. The van der Waals surface area contributed by atoms with Crippen molar-refractivity contribution in [2.45, 2.75) is 30.9 Å². The van der Waals surface area contributed by atoms with Crippen LogP contribution in [0, 0.1) is 17.6 Å². The molecule has 3 rings (SSSR count). The van der Waals surface area contributed by atoms with E-state index in [2.05, 4.69) is 0 Å². The molecule has 2 fully saturated rings. The molecule has 1 heterocycles. The third kappa shape index (κ3) is 2.81. The van der Waals surface area contributed by atoms with Crippen molar-refractivity contribution in [3.05, 3.63) is 35.4 Å². The highest BCUT2D eigenvalue weighted by Crippen LogP contribution is 2.50. The summed E-state index contributed by atoms with van der Waals surface area (Å²) >= 11 is 0. The molecule has 1 aliphatic carbocycles. The minimum absolute atomic E-state index is 0.178. The maximum Gasteiger partial charge on any atom is 0.326 e. The minimum atomic E-state index is -1.08. The maximum absolute atomic E-state index is 13.8. The molecule has 4 unspecified atom stereocenters. The molecule has 1 saturated heterocycles. The quantitative estimate of drug-likeness (QED) is 0.916. The number of aliphatic carboxylic acids is 1. The van der Waals surface area contributed by atoms with Gasteiger partial charge in [-0.3, -0.25) is 4.79 Å². The molecule has 7 heteroatoms. The van der Waals surface area contributed by atoms with Gasteiger partial charge < -0.3 is 14.7 Å². The number of likely N-dealkylation sites (tertiary alicyclic amines) is 1. The zero-order valence-electron chi connectivity index (χ0n) is 12.5. The molecule has 0 aromatic heterocycles.